The predicted molar refractivity (Wildman–Crippen MR) is 69.6 cm³/mol. The normalized spacial score (nSPS) is 14.2. The first-order valence-electron chi connectivity index (χ1n) is 5.77. The molecule has 2 atom stereocenters. The Bertz CT molecular complexity index is 353. The van der Waals surface area contributed by atoms with Gasteiger partial charge in [-0.3, -0.25) is 0 Å². The number of rotatable bonds is 6. The molecule has 1 aromatic carbocycles. The molecular formula is C13H22N2O2. The van der Waals surface area contributed by atoms with Gasteiger partial charge in [0.05, 0.1) is 14.2 Å². The van der Waals surface area contributed by atoms with Crippen molar-refractivity contribution < 1.29 is 9.47 Å². The van der Waals surface area contributed by atoms with E-state index in [0.717, 1.165) is 23.5 Å². The average molecular weight is 238 g/mol. The number of nitrogens with two attached hydrogens (primary N) is 1. The molecule has 0 amide bonds. The summed E-state index contributed by atoms with van der Waals surface area (Å²) >= 11 is 0. The average Bonchev–Trinajstić information content (AvgIpc) is 2.34. The smallest absolute Gasteiger partial charge is 0.161 e. The minimum absolute atomic E-state index is 0.153. The van der Waals surface area contributed by atoms with Crippen LogP contribution >= 0.6 is 0 Å². The van der Waals surface area contributed by atoms with Crippen molar-refractivity contribution in [3.8, 4) is 11.5 Å². The maximum absolute atomic E-state index is 5.84. The molecular weight excluding hydrogens is 216 g/mol. The number of nitrogens with one attached hydrogen (secondary N) is 1. The molecule has 96 valence electrons. The molecule has 0 aromatic heterocycles. The van der Waals surface area contributed by atoms with E-state index in [1.807, 2.05) is 32.2 Å². The van der Waals surface area contributed by atoms with Crippen molar-refractivity contribution in [3.05, 3.63) is 23.8 Å². The van der Waals surface area contributed by atoms with Gasteiger partial charge in [-0.2, -0.15) is 0 Å². The Morgan fingerprint density at radius 3 is 2.35 bits per heavy atom. The highest BCUT2D eigenvalue weighted by molar-refractivity contribution is 5.43. The summed E-state index contributed by atoms with van der Waals surface area (Å²) in [6.45, 7) is 2.01. The number of hydrogen-bond acceptors (Lipinski definition) is 4. The van der Waals surface area contributed by atoms with Crippen LogP contribution in [0, 0.1) is 0 Å². The van der Waals surface area contributed by atoms with E-state index in [2.05, 4.69) is 5.32 Å². The third kappa shape index (κ3) is 3.61. The lowest BCUT2D eigenvalue weighted by atomic mass is 10.00. The standard InChI is InChI=1S/C13H22N2O2/c1-9(14)7-11(15-2)10-5-6-12(16-3)13(8-10)17-4/h5-6,8-9,11,15H,7,14H2,1-4H3. The highest BCUT2D eigenvalue weighted by Crippen LogP contribution is 2.30. The van der Waals surface area contributed by atoms with Gasteiger partial charge in [-0.25, -0.2) is 0 Å². The van der Waals surface area contributed by atoms with Gasteiger partial charge in [-0.15, -0.1) is 0 Å². The van der Waals surface area contributed by atoms with Crippen molar-refractivity contribution in [2.24, 2.45) is 5.73 Å². The Balaban J connectivity index is 2.96. The largest absolute Gasteiger partial charge is 0.493 e. The van der Waals surface area contributed by atoms with Gasteiger partial charge in [0.2, 0.25) is 0 Å². The van der Waals surface area contributed by atoms with Crippen LogP contribution in [0.1, 0.15) is 24.9 Å². The summed E-state index contributed by atoms with van der Waals surface area (Å²) < 4.78 is 10.5. The zero-order chi connectivity index (χ0) is 12.8. The number of benzene rings is 1. The fourth-order valence-electron chi connectivity index (χ4n) is 1.86. The maximum atomic E-state index is 5.84. The van der Waals surface area contributed by atoms with Gasteiger partial charge >= 0.3 is 0 Å². The lowest BCUT2D eigenvalue weighted by molar-refractivity contribution is 0.353. The second-order valence-corrected chi connectivity index (χ2v) is 4.17. The summed E-state index contributed by atoms with van der Waals surface area (Å²) in [5.74, 6) is 1.49. The minimum Gasteiger partial charge on any atom is -0.493 e. The van der Waals surface area contributed by atoms with Crippen LogP contribution in [0.5, 0.6) is 11.5 Å². The molecule has 0 fully saturated rings. The molecule has 1 aromatic rings. The van der Waals surface area contributed by atoms with Crippen molar-refractivity contribution in [1.82, 2.24) is 5.32 Å². The topological polar surface area (TPSA) is 56.5 Å². The summed E-state index contributed by atoms with van der Waals surface area (Å²) in [5.41, 5.74) is 6.99. The fourth-order valence-corrected chi connectivity index (χ4v) is 1.86. The zero-order valence-corrected chi connectivity index (χ0v) is 11.0. The summed E-state index contributed by atoms with van der Waals surface area (Å²) in [6, 6.07) is 6.32. The van der Waals surface area contributed by atoms with E-state index < -0.39 is 0 Å². The fraction of sp³-hybridized carbons (Fsp3) is 0.538. The Hall–Kier alpha value is -1.26. The van der Waals surface area contributed by atoms with Crippen LogP contribution in [0.25, 0.3) is 0 Å². The second-order valence-electron chi connectivity index (χ2n) is 4.17. The Morgan fingerprint density at radius 2 is 1.88 bits per heavy atom. The van der Waals surface area contributed by atoms with E-state index in [1.54, 1.807) is 14.2 Å². The summed E-state index contributed by atoms with van der Waals surface area (Å²) in [5, 5.41) is 3.26. The Labute approximate surface area is 103 Å². The first-order chi connectivity index (χ1) is 8.12. The van der Waals surface area contributed by atoms with E-state index >= 15 is 0 Å². The zero-order valence-electron chi connectivity index (χ0n) is 11.0. The van der Waals surface area contributed by atoms with Crippen LogP contribution in [0.15, 0.2) is 18.2 Å². The quantitative estimate of drug-likeness (QED) is 0.792. The SMILES string of the molecule is CNC(CC(C)N)c1ccc(OC)c(OC)c1. The molecule has 4 nitrogen and oxygen atoms in total. The molecule has 0 saturated carbocycles. The van der Waals surface area contributed by atoms with Crippen molar-refractivity contribution in [2.45, 2.75) is 25.4 Å². The number of ether oxygens (including phenoxy) is 2. The van der Waals surface area contributed by atoms with Crippen molar-refractivity contribution in [3.63, 3.8) is 0 Å². The van der Waals surface area contributed by atoms with Gasteiger partial charge in [-0.05, 0) is 38.1 Å². The van der Waals surface area contributed by atoms with Crippen LogP contribution in [-0.2, 0) is 0 Å². The van der Waals surface area contributed by atoms with E-state index in [-0.39, 0.29) is 12.1 Å². The van der Waals surface area contributed by atoms with Crippen LogP contribution in [0.4, 0.5) is 0 Å². The van der Waals surface area contributed by atoms with Crippen LogP contribution in [0.3, 0.4) is 0 Å². The van der Waals surface area contributed by atoms with Crippen molar-refractivity contribution in [1.29, 1.82) is 0 Å². The van der Waals surface area contributed by atoms with E-state index in [9.17, 15) is 0 Å². The molecule has 0 aliphatic heterocycles. The highest BCUT2D eigenvalue weighted by Gasteiger charge is 2.14. The van der Waals surface area contributed by atoms with Gasteiger partial charge < -0.3 is 20.5 Å². The molecule has 0 bridgehead atoms. The summed E-state index contributed by atoms with van der Waals surface area (Å²) in [4.78, 5) is 0. The second kappa shape index (κ2) is 6.47. The lowest BCUT2D eigenvalue weighted by Crippen LogP contribution is -2.25. The third-order valence-electron chi connectivity index (χ3n) is 2.77. The molecule has 0 aliphatic rings. The molecule has 0 heterocycles. The van der Waals surface area contributed by atoms with Crippen LogP contribution in [0.2, 0.25) is 0 Å². The molecule has 3 N–H and O–H groups in total. The Morgan fingerprint density at radius 1 is 1.24 bits per heavy atom. The molecule has 0 spiro atoms. The molecule has 0 aliphatic carbocycles. The first kappa shape index (κ1) is 13.8. The van der Waals surface area contributed by atoms with Gasteiger partial charge in [-0.1, -0.05) is 6.07 Å². The summed E-state index contributed by atoms with van der Waals surface area (Å²) in [6.07, 6.45) is 0.881. The summed E-state index contributed by atoms with van der Waals surface area (Å²) in [7, 11) is 5.21. The molecule has 0 radical (unpaired) electrons. The van der Waals surface area contributed by atoms with Gasteiger partial charge in [0.25, 0.3) is 0 Å². The maximum Gasteiger partial charge on any atom is 0.161 e. The van der Waals surface area contributed by atoms with E-state index in [4.69, 9.17) is 15.2 Å². The highest BCUT2D eigenvalue weighted by atomic mass is 16.5. The van der Waals surface area contributed by atoms with Crippen molar-refractivity contribution >= 4 is 0 Å². The number of methoxy groups -OCH3 is 2. The lowest BCUT2D eigenvalue weighted by Gasteiger charge is -2.20. The Kier molecular flexibility index (Phi) is 5.25. The number of hydrogen-bond donors (Lipinski definition) is 2. The van der Waals surface area contributed by atoms with E-state index in [1.165, 1.54) is 0 Å². The third-order valence-corrected chi connectivity index (χ3v) is 2.77. The molecule has 0 saturated heterocycles. The molecule has 4 heteroatoms. The van der Waals surface area contributed by atoms with Crippen LogP contribution in [-0.4, -0.2) is 27.3 Å². The monoisotopic (exact) mass is 238 g/mol. The van der Waals surface area contributed by atoms with Gasteiger partial charge in [0.1, 0.15) is 0 Å². The predicted octanol–water partition coefficient (Wildman–Crippen LogP) is 1.70. The minimum atomic E-state index is 0.153. The first-order valence-corrected chi connectivity index (χ1v) is 5.77. The van der Waals surface area contributed by atoms with Crippen LogP contribution < -0.4 is 20.5 Å². The van der Waals surface area contributed by atoms with Crippen molar-refractivity contribution in [2.75, 3.05) is 21.3 Å². The van der Waals surface area contributed by atoms with Gasteiger partial charge in [0, 0.05) is 12.1 Å². The van der Waals surface area contributed by atoms with E-state index in [0.29, 0.717) is 0 Å². The molecule has 17 heavy (non-hydrogen) atoms. The van der Waals surface area contributed by atoms with Gasteiger partial charge in [0.15, 0.2) is 11.5 Å². The molecule has 1 rings (SSSR count). The molecule has 2 unspecified atom stereocenters.